The molecule has 1 aromatic carbocycles. The zero-order valence-corrected chi connectivity index (χ0v) is 14.4. The lowest BCUT2D eigenvalue weighted by molar-refractivity contribution is 0.0690. The Morgan fingerprint density at radius 3 is 2.33 bits per heavy atom. The fourth-order valence-electron chi connectivity index (χ4n) is 8.27. The number of hydrogen-bond donors (Lipinski definition) is 0. The van der Waals surface area contributed by atoms with Gasteiger partial charge in [-0.25, -0.2) is 8.42 Å². The van der Waals surface area contributed by atoms with E-state index in [0.29, 0.717) is 16.7 Å². The highest BCUT2D eigenvalue weighted by Crippen LogP contribution is 2.87. The van der Waals surface area contributed by atoms with Gasteiger partial charge in [0, 0.05) is 5.92 Å². The van der Waals surface area contributed by atoms with Crippen LogP contribution in [0.15, 0.2) is 35.2 Å². The Bertz CT molecular complexity index is 864. The highest BCUT2D eigenvalue weighted by Gasteiger charge is 2.94. The monoisotopic (exact) mass is 342 g/mol. The number of sulfone groups is 1. The molecule has 9 atom stereocenters. The highest BCUT2D eigenvalue weighted by molar-refractivity contribution is 7.92. The minimum atomic E-state index is -3.24. The van der Waals surface area contributed by atoms with Crippen molar-refractivity contribution in [2.45, 2.75) is 53.5 Å². The summed E-state index contributed by atoms with van der Waals surface area (Å²) < 4.78 is 33.3. The van der Waals surface area contributed by atoms with Gasteiger partial charge in [0.15, 0.2) is 9.84 Å². The third-order valence-corrected chi connectivity index (χ3v) is 11.1. The highest BCUT2D eigenvalue weighted by atomic mass is 32.2. The first-order valence-electron chi connectivity index (χ1n) is 9.60. The van der Waals surface area contributed by atoms with Crippen LogP contribution in [0.25, 0.3) is 0 Å². The van der Waals surface area contributed by atoms with Crippen LogP contribution in [0.3, 0.4) is 0 Å². The molecular weight excluding hydrogens is 320 g/mol. The molecule has 0 radical (unpaired) electrons. The van der Waals surface area contributed by atoms with Crippen LogP contribution in [0.5, 0.6) is 0 Å². The van der Waals surface area contributed by atoms with Crippen LogP contribution in [0.4, 0.5) is 0 Å². The molecule has 0 spiro atoms. The Labute approximate surface area is 142 Å². The molecule has 6 saturated carbocycles. The van der Waals surface area contributed by atoms with Gasteiger partial charge < -0.3 is 4.74 Å². The lowest BCUT2D eigenvalue weighted by atomic mass is 9.54. The van der Waals surface area contributed by atoms with Crippen LogP contribution in [-0.4, -0.2) is 24.9 Å². The second kappa shape index (κ2) is 3.64. The largest absolute Gasteiger partial charge is 0.361 e. The van der Waals surface area contributed by atoms with Crippen molar-refractivity contribution in [3.63, 3.8) is 0 Å². The van der Waals surface area contributed by atoms with Crippen molar-refractivity contribution >= 4 is 9.84 Å². The number of benzene rings is 1. The Kier molecular flexibility index (Phi) is 2.02. The van der Waals surface area contributed by atoms with E-state index >= 15 is 0 Å². The van der Waals surface area contributed by atoms with E-state index in [2.05, 4.69) is 0 Å². The van der Waals surface area contributed by atoms with Gasteiger partial charge in [0.2, 0.25) is 0 Å². The molecular formula is C20H22O3S. The van der Waals surface area contributed by atoms with Crippen molar-refractivity contribution in [1.29, 1.82) is 0 Å². The molecule has 1 saturated heterocycles. The van der Waals surface area contributed by atoms with Gasteiger partial charge >= 0.3 is 0 Å². The summed E-state index contributed by atoms with van der Waals surface area (Å²) in [6.45, 7) is 0. The molecule has 0 unspecified atom stereocenters. The van der Waals surface area contributed by atoms with Crippen LogP contribution in [0.1, 0.15) is 32.1 Å². The zero-order valence-electron chi connectivity index (χ0n) is 13.6. The van der Waals surface area contributed by atoms with Gasteiger partial charge in [-0.3, -0.25) is 0 Å². The number of epoxide rings is 1. The van der Waals surface area contributed by atoms with Gasteiger partial charge in [-0.2, -0.15) is 0 Å². The minimum Gasteiger partial charge on any atom is -0.361 e. The van der Waals surface area contributed by atoms with Crippen LogP contribution < -0.4 is 0 Å². The van der Waals surface area contributed by atoms with E-state index in [-0.39, 0.29) is 22.4 Å². The van der Waals surface area contributed by atoms with Gasteiger partial charge in [-0.15, -0.1) is 0 Å². The number of ether oxygens (including phenoxy) is 1. The van der Waals surface area contributed by atoms with Crippen LogP contribution in [0, 0.1) is 35.5 Å². The van der Waals surface area contributed by atoms with Gasteiger partial charge in [0.05, 0.1) is 10.1 Å². The molecule has 1 heterocycles. The van der Waals surface area contributed by atoms with E-state index < -0.39 is 9.84 Å². The van der Waals surface area contributed by atoms with Crippen molar-refractivity contribution in [3.8, 4) is 0 Å². The molecule has 4 bridgehead atoms. The van der Waals surface area contributed by atoms with E-state index in [4.69, 9.17) is 4.74 Å². The Morgan fingerprint density at radius 1 is 0.875 bits per heavy atom. The summed E-state index contributed by atoms with van der Waals surface area (Å²) in [7, 11) is -3.24. The first-order valence-corrected chi connectivity index (χ1v) is 11.1. The maximum absolute atomic E-state index is 13.3. The fraction of sp³-hybridized carbons (Fsp3) is 0.700. The topological polar surface area (TPSA) is 46.7 Å². The summed E-state index contributed by atoms with van der Waals surface area (Å²) in [5, 5.41) is -0.211. The smallest absolute Gasteiger partial charge is 0.181 e. The van der Waals surface area contributed by atoms with E-state index in [9.17, 15) is 8.42 Å². The molecule has 8 rings (SSSR count). The van der Waals surface area contributed by atoms with E-state index in [1.54, 1.807) is 12.1 Å². The maximum Gasteiger partial charge on any atom is 0.181 e. The molecule has 1 aliphatic heterocycles. The Hall–Kier alpha value is -0.870. The van der Waals surface area contributed by atoms with Crippen molar-refractivity contribution in [1.82, 2.24) is 0 Å². The summed E-state index contributed by atoms with van der Waals surface area (Å²) in [5.41, 5.74) is 0.0734. The van der Waals surface area contributed by atoms with E-state index in [1.807, 2.05) is 18.2 Å². The second-order valence-corrected chi connectivity index (χ2v) is 11.4. The molecule has 7 fully saturated rings. The average molecular weight is 342 g/mol. The molecule has 24 heavy (non-hydrogen) atoms. The van der Waals surface area contributed by atoms with Gasteiger partial charge in [-0.05, 0) is 73.8 Å². The maximum atomic E-state index is 13.3. The standard InChI is InChI=1S/C20H22O3S/c21-24(22,12-4-2-1-3-5-12)18-9-11-8-17(18)20-16-7-6-15(13-10-14(13)16)19(11,20)23-20/h1-5,11,13-18H,6-10H2/t11-,13+,14+,15+,16+,17-,18-,19-,20+/m1/s1. The van der Waals surface area contributed by atoms with Crippen LogP contribution >= 0.6 is 0 Å². The van der Waals surface area contributed by atoms with Gasteiger partial charge in [-0.1, -0.05) is 18.2 Å². The number of fused-ring (bicyclic) bond motifs is 3. The first-order chi connectivity index (χ1) is 11.6. The summed E-state index contributed by atoms with van der Waals surface area (Å²) in [6, 6.07) is 9.11. The number of hydrogen-bond acceptors (Lipinski definition) is 3. The second-order valence-electron chi connectivity index (χ2n) is 9.21. The van der Waals surface area contributed by atoms with E-state index in [0.717, 1.165) is 30.6 Å². The van der Waals surface area contributed by atoms with Crippen molar-refractivity contribution in [3.05, 3.63) is 30.3 Å². The average Bonchev–Trinajstić information content (AvgIpc) is 3.48. The quantitative estimate of drug-likeness (QED) is 0.776. The zero-order chi connectivity index (χ0) is 15.9. The fourth-order valence-corrected chi connectivity index (χ4v) is 10.4. The third-order valence-electron chi connectivity index (χ3n) is 8.85. The summed E-state index contributed by atoms with van der Waals surface area (Å²) in [5.74, 6) is 3.95. The van der Waals surface area contributed by atoms with Crippen molar-refractivity contribution in [2.24, 2.45) is 35.5 Å². The lowest BCUT2D eigenvalue weighted by Gasteiger charge is -2.46. The molecule has 6 aliphatic carbocycles. The third kappa shape index (κ3) is 1.13. The van der Waals surface area contributed by atoms with Gasteiger partial charge in [0.1, 0.15) is 11.2 Å². The molecule has 0 amide bonds. The van der Waals surface area contributed by atoms with Crippen LogP contribution in [0.2, 0.25) is 0 Å². The SMILES string of the molecule is O=S(=O)(c1ccccc1)[C@@H]1C[C@H]2C[C@H]1[C@]13O[C@@]21[C@H]1CC[C@H]3[C@H]2C[C@@H]21. The van der Waals surface area contributed by atoms with E-state index in [1.165, 1.54) is 19.3 Å². The molecule has 4 heteroatoms. The predicted molar refractivity (Wildman–Crippen MR) is 88.0 cm³/mol. The van der Waals surface area contributed by atoms with Crippen molar-refractivity contribution < 1.29 is 13.2 Å². The number of rotatable bonds is 2. The minimum absolute atomic E-state index is 0.0387. The first kappa shape index (κ1) is 13.3. The summed E-state index contributed by atoms with van der Waals surface area (Å²) in [6.07, 6.45) is 5.97. The van der Waals surface area contributed by atoms with Crippen LogP contribution in [-0.2, 0) is 14.6 Å². The summed E-state index contributed by atoms with van der Waals surface area (Å²) >= 11 is 0. The molecule has 1 aromatic rings. The molecule has 0 N–H and O–H groups in total. The molecule has 126 valence electrons. The lowest BCUT2D eigenvalue weighted by Crippen LogP contribution is -2.56. The van der Waals surface area contributed by atoms with Gasteiger partial charge in [0.25, 0.3) is 0 Å². The van der Waals surface area contributed by atoms with Crippen molar-refractivity contribution in [2.75, 3.05) is 0 Å². The molecule has 7 aliphatic rings. The summed E-state index contributed by atoms with van der Waals surface area (Å²) in [4.78, 5) is 0.510. The Morgan fingerprint density at radius 2 is 1.58 bits per heavy atom. The molecule has 3 nitrogen and oxygen atoms in total. The predicted octanol–water partition coefficient (Wildman–Crippen LogP) is 3.05. The molecule has 0 aromatic heterocycles. The Balaban J connectivity index is 1.34. The normalized spacial score (nSPS) is 58.1.